The van der Waals surface area contributed by atoms with E-state index >= 15 is 0 Å². The van der Waals surface area contributed by atoms with Gasteiger partial charge in [0.15, 0.2) is 0 Å². The Morgan fingerprint density at radius 1 is 0.218 bits per heavy atom. The Labute approximate surface area is 830 Å². The number of carbonyl (C=O) groups excluding carboxylic acids is 20. The van der Waals surface area contributed by atoms with Gasteiger partial charge in [-0.3, -0.25) is 0 Å². The van der Waals surface area contributed by atoms with Gasteiger partial charge in [-0.25, -0.2) is 125 Å². The maximum absolute atomic E-state index is 13.1. The molecule has 0 aromatic rings. The van der Waals surface area contributed by atoms with Gasteiger partial charge in [0, 0.05) is 55.7 Å². The summed E-state index contributed by atoms with van der Waals surface area (Å²) >= 11 is 0. The second-order valence-electron chi connectivity index (χ2n) is 33.5. The van der Waals surface area contributed by atoms with Crippen LogP contribution < -0.4 is 21.3 Å². The summed E-state index contributed by atoms with van der Waals surface area (Å²) in [5.74, 6) is 2.88. The summed E-state index contributed by atoms with van der Waals surface area (Å²) in [5, 5.41) is 9.52. The second-order valence-corrected chi connectivity index (χ2v) is 33.5. The number of hydrogen-bond donors (Lipinski definition) is 4. The minimum Gasteiger partial charge on any atom is -0.460 e. The molecular formula is C98H146N10O34. The van der Waals surface area contributed by atoms with Crippen molar-refractivity contribution >= 4 is 120 Å². The molecule has 792 valence electrons. The van der Waals surface area contributed by atoms with Crippen molar-refractivity contribution in [2.45, 2.75) is 174 Å². The van der Waals surface area contributed by atoms with E-state index in [1.54, 1.807) is 90.9 Å². The van der Waals surface area contributed by atoms with Gasteiger partial charge >= 0.3 is 120 Å². The first kappa shape index (κ1) is 126. The Morgan fingerprint density at radius 3 is 0.549 bits per heavy atom. The van der Waals surface area contributed by atoms with E-state index in [0.29, 0.717) is 19.6 Å². The summed E-state index contributed by atoms with van der Waals surface area (Å²) in [4.78, 5) is 242. The summed E-state index contributed by atoms with van der Waals surface area (Å²) in [5.41, 5.74) is 1.61. The number of ether oxygens (including phenoxy) is 14. The number of carbonyl (C=O) groups is 20. The van der Waals surface area contributed by atoms with Crippen LogP contribution in [0.2, 0.25) is 0 Å². The van der Waals surface area contributed by atoms with Crippen molar-refractivity contribution in [3.63, 3.8) is 0 Å². The molecule has 0 aliphatic heterocycles. The van der Waals surface area contributed by atoms with Gasteiger partial charge in [0.25, 0.3) is 0 Å². The first-order chi connectivity index (χ1) is 67.0. The predicted octanol–water partition coefficient (Wildman–Crippen LogP) is 12.3. The van der Waals surface area contributed by atoms with Gasteiger partial charge < -0.3 is 87.6 Å². The fourth-order valence-electron chi connectivity index (χ4n) is 15.0. The molecule has 44 nitrogen and oxygen atoms in total. The van der Waals surface area contributed by atoms with Crippen LogP contribution in [0.15, 0.2) is 122 Å². The molecule has 6 rings (SSSR count). The van der Waals surface area contributed by atoms with Gasteiger partial charge in [0.05, 0.1) is 91.9 Å². The number of nitrogens with one attached hydrogen (secondary N) is 4. The molecule has 6 aliphatic rings. The zero-order chi connectivity index (χ0) is 108. The summed E-state index contributed by atoms with van der Waals surface area (Å²) in [6, 6.07) is -5.77. The summed E-state index contributed by atoms with van der Waals surface area (Å²) in [6.45, 7) is 49.8. The van der Waals surface area contributed by atoms with Crippen LogP contribution in [-0.4, -0.2) is 308 Å². The highest BCUT2D eigenvalue weighted by Crippen LogP contribution is 2.59. The summed E-state index contributed by atoms with van der Waals surface area (Å²) in [6.07, 6.45) is 15.1. The molecular weight excluding hydrogens is 1860 g/mol. The van der Waals surface area contributed by atoms with Crippen molar-refractivity contribution in [3.8, 4) is 0 Å². The number of esters is 10. The molecule has 0 heterocycles. The van der Waals surface area contributed by atoms with E-state index < -0.39 is 173 Å². The minimum atomic E-state index is -1.14. The standard InChI is InChI=1S/2C23H33N3O10.2C16H24N2O7.2C10H16/c2*1-8-33-23(32)26(11-14-36-20(29)17(6)7)22(31)25(10-13-35-19(28)16(4)5)21(30)24-9-12-34-18(27)15(2)3;2*1-6-23-16(22)18(8-10-25-14(20)12(4)5)15(21)17-7-9-24-13(19)11(2)3;2*1-2-9-7-4-5-8(6-7)10(9)3-1/h2*2,4,6,8-14H2,1,3,5,7H3,(H,24,30);2*2,4,6-10H2,1,3,5H3,(H,17,21);2*7-10H,1-6H2. The number of rotatable bonds is 44. The third-order valence-electron chi connectivity index (χ3n) is 21.8. The molecule has 44 heteroatoms. The smallest absolute Gasteiger partial charge is 0.418 e. The topological polar surface area (TPSA) is 538 Å². The van der Waals surface area contributed by atoms with Crippen LogP contribution >= 0.6 is 0 Å². The Hall–Kier alpha value is -14.0. The summed E-state index contributed by atoms with van der Waals surface area (Å²) in [7, 11) is 0. The molecule has 6 fully saturated rings. The van der Waals surface area contributed by atoms with Gasteiger partial charge in [-0.15, -0.1) is 0 Å². The predicted molar refractivity (Wildman–Crippen MR) is 514 cm³/mol. The molecule has 4 bridgehead atoms. The van der Waals surface area contributed by atoms with E-state index in [1.165, 1.54) is 130 Å². The molecule has 8 unspecified atom stereocenters. The summed E-state index contributed by atoms with van der Waals surface area (Å²) < 4.78 is 68.1. The van der Waals surface area contributed by atoms with Crippen LogP contribution in [0.4, 0.5) is 47.9 Å². The minimum absolute atomic E-state index is 0.0146. The highest BCUT2D eigenvalue weighted by atomic mass is 16.6. The lowest BCUT2D eigenvalue weighted by Crippen LogP contribution is -2.54. The van der Waals surface area contributed by atoms with Gasteiger partial charge in [0.2, 0.25) is 0 Å². The molecule has 0 aromatic heterocycles. The lowest BCUT2D eigenvalue weighted by Gasteiger charge is -2.27. The Morgan fingerprint density at radius 2 is 0.373 bits per heavy atom. The number of urea groups is 6. The van der Waals surface area contributed by atoms with Crippen molar-refractivity contribution in [2.75, 3.05) is 158 Å². The van der Waals surface area contributed by atoms with Crippen molar-refractivity contribution in [1.82, 2.24) is 50.7 Å². The molecule has 0 spiro atoms. The van der Waals surface area contributed by atoms with Gasteiger partial charge in [-0.2, -0.15) is 0 Å². The average Bonchev–Trinajstić information content (AvgIpc) is 1.62. The monoisotopic (exact) mass is 2010 g/mol. The molecule has 16 amide bonds. The normalized spacial score (nSPS) is 16.4. The number of amides is 16. The number of hydrogen-bond acceptors (Lipinski definition) is 34. The Balaban J connectivity index is 0.000000889. The average molecular weight is 2010 g/mol. The van der Waals surface area contributed by atoms with Crippen LogP contribution in [0.25, 0.3) is 0 Å². The maximum atomic E-state index is 13.1. The van der Waals surface area contributed by atoms with Gasteiger partial charge in [0.1, 0.15) is 66.1 Å². The number of nitrogens with zero attached hydrogens (tertiary/aromatic N) is 6. The Kier molecular flexibility index (Phi) is 60.5. The molecule has 8 atom stereocenters. The van der Waals surface area contributed by atoms with Gasteiger partial charge in [-0.05, 0) is 208 Å². The van der Waals surface area contributed by atoms with Crippen LogP contribution in [0.5, 0.6) is 0 Å². The molecule has 6 saturated carbocycles. The molecule has 0 aromatic carbocycles. The van der Waals surface area contributed by atoms with Gasteiger partial charge in [-0.1, -0.05) is 78.6 Å². The third kappa shape index (κ3) is 47.3. The number of imide groups is 6. The van der Waals surface area contributed by atoms with Crippen LogP contribution in [0.1, 0.15) is 174 Å². The lowest BCUT2D eigenvalue weighted by atomic mass is 9.82. The fraction of sp³-hybridized carbons (Fsp3) is 0.592. The highest BCUT2D eigenvalue weighted by Gasteiger charge is 2.50. The van der Waals surface area contributed by atoms with Crippen LogP contribution in [-0.2, 0) is 114 Å². The van der Waals surface area contributed by atoms with E-state index in [0.717, 1.165) is 9.80 Å². The van der Waals surface area contributed by atoms with Crippen molar-refractivity contribution in [2.24, 2.45) is 47.3 Å². The second kappa shape index (κ2) is 68.2. The van der Waals surface area contributed by atoms with E-state index in [1.807, 2.05) is 0 Å². The lowest BCUT2D eigenvalue weighted by molar-refractivity contribution is -0.140. The van der Waals surface area contributed by atoms with E-state index in [9.17, 15) is 95.9 Å². The van der Waals surface area contributed by atoms with Crippen molar-refractivity contribution in [1.29, 1.82) is 0 Å². The molecule has 6 aliphatic carbocycles. The highest BCUT2D eigenvalue weighted by molar-refractivity contribution is 6.02. The molecule has 0 radical (unpaired) electrons. The quantitative estimate of drug-likeness (QED) is 0.0190. The molecule has 0 saturated heterocycles. The third-order valence-corrected chi connectivity index (χ3v) is 21.8. The maximum Gasteiger partial charge on any atom is 0.418 e. The Bertz CT molecular complexity index is 4210. The van der Waals surface area contributed by atoms with E-state index in [4.69, 9.17) is 66.3 Å². The molecule has 142 heavy (non-hydrogen) atoms. The van der Waals surface area contributed by atoms with E-state index in [-0.39, 0.29) is 161 Å². The van der Waals surface area contributed by atoms with Crippen LogP contribution in [0, 0.1) is 47.3 Å². The molecule has 4 N–H and O–H groups in total. The van der Waals surface area contributed by atoms with E-state index in [2.05, 4.69) is 87.1 Å². The zero-order valence-corrected chi connectivity index (χ0v) is 84.7. The number of fused-ring (bicyclic) bond motifs is 10. The first-order valence-electron chi connectivity index (χ1n) is 46.7. The zero-order valence-electron chi connectivity index (χ0n) is 84.7. The fourth-order valence-corrected chi connectivity index (χ4v) is 15.0. The van der Waals surface area contributed by atoms with Crippen molar-refractivity contribution < 1.29 is 162 Å². The van der Waals surface area contributed by atoms with Crippen molar-refractivity contribution in [3.05, 3.63) is 122 Å². The SMILES string of the molecule is C1CC2C3CCC(C3)C2C1.C1CC2C3CCC(C3)C2C1.C=C(C)C(=O)OCCNC(=O)N(CCOC(=O)C(=C)C)C(=O)N(CCOC(=O)C(=C)C)C(=O)OCC.C=C(C)C(=O)OCCNC(=O)N(CCOC(=O)C(=C)C)C(=O)N(CCOC(=O)C(=C)C)C(=O)OCC.C=C(C)C(=O)OCCNC(=O)N(CCOC(=O)C(=C)C)C(=O)OCC.C=C(C)C(=O)OCCNC(=O)N(CCOC(=O)C(=C)C)C(=O)OCC. The first-order valence-corrected chi connectivity index (χ1v) is 46.7. The largest absolute Gasteiger partial charge is 0.460 e. The van der Waals surface area contributed by atoms with Crippen LogP contribution in [0.3, 0.4) is 0 Å².